The lowest BCUT2D eigenvalue weighted by atomic mass is 10.2. The molecule has 0 radical (unpaired) electrons. The van der Waals surface area contributed by atoms with Gasteiger partial charge in [0.1, 0.15) is 0 Å². The Morgan fingerprint density at radius 2 is 2.07 bits per heavy atom. The number of halogens is 1. The second-order valence-corrected chi connectivity index (χ2v) is 4.97. The van der Waals surface area contributed by atoms with Crippen molar-refractivity contribution in [3.05, 3.63) is 34.4 Å². The third kappa shape index (κ3) is 1.34. The Morgan fingerprint density at radius 1 is 1.27 bits per heavy atom. The summed E-state index contributed by atoms with van der Waals surface area (Å²) in [5.41, 5.74) is 2.78. The number of likely N-dealkylation sites (N-methyl/N-ethyl adjacent to an activating group) is 1. The first-order chi connectivity index (χ1) is 7.27. The first-order valence-corrected chi connectivity index (χ1v) is 6.01. The molecule has 78 valence electrons. The zero-order chi connectivity index (χ0) is 10.4. The van der Waals surface area contributed by atoms with E-state index in [0.29, 0.717) is 0 Å². The fraction of sp³-hybridized carbons (Fsp3) is 0.333. The lowest BCUT2D eigenvalue weighted by Gasteiger charge is -2.25. The summed E-state index contributed by atoms with van der Waals surface area (Å²) in [6, 6.07) is 8.59. The molecule has 0 N–H and O–H groups in total. The number of aromatic nitrogens is 1. The van der Waals surface area contributed by atoms with Crippen LogP contribution in [0.4, 0.5) is 0 Å². The van der Waals surface area contributed by atoms with Crippen LogP contribution in [0.3, 0.4) is 0 Å². The van der Waals surface area contributed by atoms with Crippen LogP contribution in [0.5, 0.6) is 0 Å². The predicted molar refractivity (Wildman–Crippen MR) is 66.0 cm³/mol. The summed E-state index contributed by atoms with van der Waals surface area (Å²) in [7, 11) is 2.17. The molecule has 2 heterocycles. The van der Waals surface area contributed by atoms with Crippen molar-refractivity contribution in [2.75, 3.05) is 13.6 Å². The minimum Gasteiger partial charge on any atom is -0.330 e. The number of hydrogen-bond donors (Lipinski definition) is 0. The zero-order valence-electron chi connectivity index (χ0n) is 8.70. The molecule has 15 heavy (non-hydrogen) atoms. The van der Waals surface area contributed by atoms with Crippen LogP contribution in [0.15, 0.2) is 28.7 Å². The molecular formula is C12H13BrN2. The minimum atomic E-state index is 1.00. The highest BCUT2D eigenvalue weighted by Gasteiger charge is 2.19. The Bertz CT molecular complexity index is 516. The quantitative estimate of drug-likeness (QED) is 0.711. The topological polar surface area (TPSA) is 8.17 Å². The van der Waals surface area contributed by atoms with E-state index in [0.717, 1.165) is 19.6 Å². The molecule has 0 atom stereocenters. The van der Waals surface area contributed by atoms with E-state index in [1.807, 2.05) is 0 Å². The van der Waals surface area contributed by atoms with Crippen molar-refractivity contribution in [3.8, 4) is 0 Å². The Hall–Kier alpha value is -0.800. The van der Waals surface area contributed by atoms with Crippen molar-refractivity contribution in [2.24, 2.45) is 0 Å². The smallest absolute Gasteiger partial charge is 0.0751 e. The van der Waals surface area contributed by atoms with Gasteiger partial charge in [0.25, 0.3) is 0 Å². The Morgan fingerprint density at radius 3 is 2.93 bits per heavy atom. The number of fused-ring (bicyclic) bond motifs is 3. The van der Waals surface area contributed by atoms with E-state index in [-0.39, 0.29) is 0 Å². The summed E-state index contributed by atoms with van der Waals surface area (Å²) in [6.07, 6.45) is 1.13. The second-order valence-electron chi connectivity index (χ2n) is 4.18. The molecule has 2 aromatic rings. The van der Waals surface area contributed by atoms with Crippen LogP contribution in [0.2, 0.25) is 0 Å². The molecule has 0 amide bonds. The van der Waals surface area contributed by atoms with Crippen molar-refractivity contribution < 1.29 is 0 Å². The molecule has 1 aromatic heterocycles. The van der Waals surface area contributed by atoms with Gasteiger partial charge < -0.3 is 4.57 Å². The lowest BCUT2D eigenvalue weighted by molar-refractivity contribution is 0.244. The maximum Gasteiger partial charge on any atom is 0.0751 e. The average molecular weight is 265 g/mol. The fourth-order valence-corrected chi connectivity index (χ4v) is 3.08. The van der Waals surface area contributed by atoms with Gasteiger partial charge in [-0.2, -0.15) is 0 Å². The molecule has 0 aliphatic carbocycles. The van der Waals surface area contributed by atoms with Gasteiger partial charge in [-0.3, -0.25) is 4.90 Å². The summed E-state index contributed by atoms with van der Waals surface area (Å²) in [6.45, 7) is 2.15. The standard InChI is InChI=1S/C12H13BrN2/c1-14-7-6-11-12(13)9-4-2-3-5-10(9)15(11)8-14/h2-5H,6-8H2,1H3. The number of hydrogen-bond acceptors (Lipinski definition) is 1. The normalized spacial score (nSPS) is 16.9. The first-order valence-electron chi connectivity index (χ1n) is 5.21. The van der Waals surface area contributed by atoms with Gasteiger partial charge >= 0.3 is 0 Å². The summed E-state index contributed by atoms with van der Waals surface area (Å²) in [5.74, 6) is 0. The second kappa shape index (κ2) is 3.35. The van der Waals surface area contributed by atoms with E-state index in [1.165, 1.54) is 21.1 Å². The van der Waals surface area contributed by atoms with Crippen LogP contribution in [-0.4, -0.2) is 23.1 Å². The number of nitrogens with zero attached hydrogens (tertiary/aromatic N) is 2. The summed E-state index contributed by atoms with van der Waals surface area (Å²) >= 11 is 3.72. The monoisotopic (exact) mass is 264 g/mol. The average Bonchev–Trinajstić information content (AvgIpc) is 2.54. The molecular weight excluding hydrogens is 252 g/mol. The summed E-state index contributed by atoms with van der Waals surface area (Å²) < 4.78 is 3.69. The zero-order valence-corrected chi connectivity index (χ0v) is 10.3. The number of rotatable bonds is 0. The van der Waals surface area contributed by atoms with Gasteiger partial charge in [-0.05, 0) is 29.0 Å². The van der Waals surface area contributed by atoms with Crippen molar-refractivity contribution >= 4 is 26.8 Å². The highest BCUT2D eigenvalue weighted by molar-refractivity contribution is 9.10. The van der Waals surface area contributed by atoms with Crippen LogP contribution in [0.25, 0.3) is 10.9 Å². The molecule has 1 aliphatic heterocycles. The minimum absolute atomic E-state index is 1.00. The van der Waals surface area contributed by atoms with E-state index in [2.05, 4.69) is 56.7 Å². The van der Waals surface area contributed by atoms with Crippen LogP contribution in [-0.2, 0) is 13.1 Å². The molecule has 3 heteroatoms. The van der Waals surface area contributed by atoms with E-state index >= 15 is 0 Å². The molecule has 1 aliphatic rings. The molecule has 0 unspecified atom stereocenters. The third-order valence-electron chi connectivity index (χ3n) is 3.12. The van der Waals surface area contributed by atoms with Gasteiger partial charge in [0, 0.05) is 28.5 Å². The first kappa shape index (κ1) is 9.43. The molecule has 0 saturated heterocycles. The van der Waals surface area contributed by atoms with Gasteiger partial charge in [0.15, 0.2) is 0 Å². The predicted octanol–water partition coefficient (Wildman–Crippen LogP) is 2.85. The van der Waals surface area contributed by atoms with Crippen molar-refractivity contribution in [1.29, 1.82) is 0 Å². The number of para-hydroxylation sites is 1. The lowest BCUT2D eigenvalue weighted by Crippen LogP contribution is -2.30. The highest BCUT2D eigenvalue weighted by Crippen LogP contribution is 2.33. The maximum atomic E-state index is 3.72. The third-order valence-corrected chi connectivity index (χ3v) is 4.01. The van der Waals surface area contributed by atoms with E-state index in [1.54, 1.807) is 0 Å². The van der Waals surface area contributed by atoms with E-state index in [4.69, 9.17) is 0 Å². The Balaban J connectivity index is 2.33. The van der Waals surface area contributed by atoms with Crippen LogP contribution < -0.4 is 0 Å². The maximum absolute atomic E-state index is 3.72. The molecule has 0 fully saturated rings. The van der Waals surface area contributed by atoms with Crippen molar-refractivity contribution in [1.82, 2.24) is 9.47 Å². The van der Waals surface area contributed by atoms with Crippen LogP contribution >= 0.6 is 15.9 Å². The van der Waals surface area contributed by atoms with Crippen molar-refractivity contribution in [3.63, 3.8) is 0 Å². The van der Waals surface area contributed by atoms with Gasteiger partial charge in [-0.15, -0.1) is 0 Å². The Labute approximate surface area is 97.6 Å². The Kier molecular flexibility index (Phi) is 2.11. The molecule has 1 aromatic carbocycles. The van der Waals surface area contributed by atoms with Gasteiger partial charge in [-0.1, -0.05) is 18.2 Å². The van der Waals surface area contributed by atoms with Gasteiger partial charge in [-0.25, -0.2) is 0 Å². The van der Waals surface area contributed by atoms with Crippen molar-refractivity contribution in [2.45, 2.75) is 13.1 Å². The highest BCUT2D eigenvalue weighted by atomic mass is 79.9. The largest absolute Gasteiger partial charge is 0.330 e. The van der Waals surface area contributed by atoms with E-state index < -0.39 is 0 Å². The van der Waals surface area contributed by atoms with Crippen LogP contribution in [0, 0.1) is 0 Å². The molecule has 3 rings (SSSR count). The molecule has 0 spiro atoms. The van der Waals surface area contributed by atoms with Crippen LogP contribution in [0.1, 0.15) is 5.69 Å². The molecule has 0 bridgehead atoms. The fourth-order valence-electron chi connectivity index (χ4n) is 2.33. The van der Waals surface area contributed by atoms with Gasteiger partial charge in [0.05, 0.1) is 12.2 Å². The number of benzene rings is 1. The van der Waals surface area contributed by atoms with Gasteiger partial charge in [0.2, 0.25) is 0 Å². The molecule has 0 saturated carbocycles. The summed E-state index contributed by atoms with van der Waals surface area (Å²) in [5, 5.41) is 1.34. The SMILES string of the molecule is CN1CCc2c(Br)c3ccccc3n2C1. The molecule has 2 nitrogen and oxygen atoms in total. The van der Waals surface area contributed by atoms with E-state index in [9.17, 15) is 0 Å². The summed E-state index contributed by atoms with van der Waals surface area (Å²) in [4.78, 5) is 2.35.